The molecule has 0 saturated carbocycles. The third-order valence-corrected chi connectivity index (χ3v) is 19.9. The van der Waals surface area contributed by atoms with Crippen LogP contribution in [0.3, 0.4) is 0 Å². The largest absolute Gasteiger partial charge is 0.305 e. The van der Waals surface area contributed by atoms with Gasteiger partial charge in [-0.05, 0) is 226 Å². The van der Waals surface area contributed by atoms with Crippen molar-refractivity contribution in [1.29, 1.82) is 0 Å². The number of nitrogens with zero attached hydrogens (tertiary/aromatic N) is 12. The second kappa shape index (κ2) is 55.0. The number of benzene rings is 8. The molecule has 678 valence electrons. The number of hydrogen-bond acceptors (Lipinski definition) is 12. The van der Waals surface area contributed by atoms with Crippen LogP contribution in [-0.2, 0) is 80.4 Å². The van der Waals surface area contributed by atoms with Crippen molar-refractivity contribution in [2.75, 3.05) is 0 Å². The van der Waals surface area contributed by atoms with Crippen LogP contribution in [0.2, 0.25) is 0 Å². The van der Waals surface area contributed by atoms with Gasteiger partial charge in [-0.25, -0.2) is 0 Å². The van der Waals surface area contributed by atoms with Crippen LogP contribution in [0.4, 0.5) is 0 Å². The van der Waals surface area contributed by atoms with Gasteiger partial charge in [-0.15, -0.1) is 275 Å². The van der Waals surface area contributed by atoms with Crippen LogP contribution in [-0.4, -0.2) is 59.8 Å². The third-order valence-electron chi connectivity index (χ3n) is 19.9. The Morgan fingerprint density at radius 3 is 0.644 bits per heavy atom. The van der Waals surface area contributed by atoms with E-state index in [1.807, 2.05) is 319 Å². The zero-order valence-electron chi connectivity index (χ0n) is 86.7. The first-order chi connectivity index (χ1) is 68.8. The van der Waals surface area contributed by atoms with Crippen LogP contribution in [0.5, 0.6) is 0 Å². The molecule has 12 nitrogen and oxygen atoms in total. The Morgan fingerprint density at radius 2 is 0.400 bits per heavy atom. The van der Waals surface area contributed by atoms with Crippen LogP contribution < -0.4 is 0 Å². The van der Waals surface area contributed by atoms with Gasteiger partial charge in [0.05, 0.1) is 22.8 Å². The summed E-state index contributed by atoms with van der Waals surface area (Å²) in [6, 6.07) is 128. The minimum atomic E-state index is -2.10. The van der Waals surface area contributed by atoms with E-state index in [2.05, 4.69) is 139 Å². The number of rotatable bonds is 12. The topological polar surface area (TPSA) is 155 Å². The van der Waals surface area contributed by atoms with E-state index in [4.69, 9.17) is 16.4 Å². The quantitative estimate of drug-likeness (QED) is 0.107. The van der Waals surface area contributed by atoms with Crippen LogP contribution in [0.25, 0.3) is 135 Å². The van der Waals surface area contributed by atoms with E-state index in [0.29, 0.717) is 22.3 Å². The third kappa shape index (κ3) is 32.2. The molecule has 4 radical (unpaired) electrons. The minimum absolute atomic E-state index is 0. The fourth-order valence-corrected chi connectivity index (χ4v) is 12.6. The summed E-state index contributed by atoms with van der Waals surface area (Å²) in [6.45, 7) is 4.85. The fraction of sp³-hybridized carbons (Fsp3) is 0.0924. The number of hydrogen-bond donors (Lipinski definition) is 0. The van der Waals surface area contributed by atoms with Crippen molar-refractivity contribution in [2.45, 2.75) is 75.9 Å². The van der Waals surface area contributed by atoms with Gasteiger partial charge in [0.2, 0.25) is 0 Å². The first kappa shape index (κ1) is 87.8. The Bertz CT molecular complexity index is 6670. The van der Waals surface area contributed by atoms with Gasteiger partial charge in [-0.3, -0.25) is 19.9 Å². The predicted molar refractivity (Wildman–Crippen MR) is 533 cm³/mol. The SMILES string of the molecule is Cc1ccc(-c2[c-]ccc(-c3ccccn3)c2)nc1.Cc1ccc(-c2ccnc(-c3[c-]cccc3)c2)nc1.Cc1ccc(-c2ccnc(-c3[c-]cccc3)c2)nc1.[2H]C([2H])([2H])c1cnc(-c2[c-]cccc2)cc1C.[2H]C([2H])([2H])c1cnc(-c2[c-]cccc2)cc1C.[2H]C([2H])([2H])c1cnc(-c2[c-]cccc2)cc1C.[2H]C([2H])([2H])c1cnc(-c2[c-]cccc2)cc1C.[Ir].[Ir].[Ir].[Ir].[c-]1ccc(-c2ccccn2)cc1-c1ccccn1. The van der Waals surface area contributed by atoms with Crippen molar-refractivity contribution < 1.29 is 96.9 Å². The molecule has 0 aliphatic carbocycles. The number of aromatic nitrogens is 12. The Kier molecular flexibility index (Phi) is 35.8. The number of pyridine rings is 12. The van der Waals surface area contributed by atoms with Gasteiger partial charge in [0.1, 0.15) is 0 Å². The van der Waals surface area contributed by atoms with Crippen molar-refractivity contribution in [2.24, 2.45) is 0 Å². The van der Waals surface area contributed by atoms with Crippen molar-refractivity contribution >= 4 is 0 Å². The van der Waals surface area contributed by atoms with Crippen LogP contribution >= 0.6 is 0 Å². The van der Waals surface area contributed by atoms with Gasteiger partial charge in [-0.1, -0.05) is 118 Å². The van der Waals surface area contributed by atoms with Crippen LogP contribution in [0, 0.1) is 124 Å². The first-order valence-electron chi connectivity index (χ1n) is 48.0. The Balaban J connectivity index is 0.000000186. The average molecular weight is 2480 g/mol. The molecule has 0 bridgehead atoms. The van der Waals surface area contributed by atoms with E-state index < -0.39 is 27.4 Å². The summed E-state index contributed by atoms with van der Waals surface area (Å²) in [5, 5.41) is 0. The zero-order chi connectivity index (χ0) is 101. The van der Waals surface area contributed by atoms with Crippen molar-refractivity contribution in [3.8, 4) is 135 Å². The molecule has 0 unspecified atom stereocenters. The molecule has 0 aliphatic rings. The first-order valence-corrected chi connectivity index (χ1v) is 42.0. The fourth-order valence-electron chi connectivity index (χ4n) is 12.6. The van der Waals surface area contributed by atoms with Crippen molar-refractivity contribution in [3.63, 3.8) is 0 Å². The molecule has 0 spiro atoms. The molecule has 0 aliphatic heterocycles. The maximum atomic E-state index is 7.37. The molecule has 12 heterocycles. The molecule has 12 aromatic heterocycles. The zero-order valence-corrected chi connectivity index (χ0v) is 84.3. The molecule has 0 saturated heterocycles. The maximum Gasteiger partial charge on any atom is 0.0695 e. The molecule has 0 N–H and O–H groups in total. The minimum Gasteiger partial charge on any atom is -0.305 e. The molecule has 135 heavy (non-hydrogen) atoms. The molecule has 20 aromatic rings. The van der Waals surface area contributed by atoms with E-state index >= 15 is 0 Å². The van der Waals surface area contributed by atoms with Gasteiger partial charge in [-0.2, -0.15) is 0 Å². The molecule has 0 fully saturated rings. The molecule has 20 rings (SSSR count). The number of aryl methyl sites for hydroxylation is 11. The van der Waals surface area contributed by atoms with E-state index in [9.17, 15) is 0 Å². The Morgan fingerprint density at radius 1 is 0.170 bits per heavy atom. The van der Waals surface area contributed by atoms with Crippen LogP contribution in [0.1, 0.15) is 77.6 Å². The van der Waals surface area contributed by atoms with Gasteiger partial charge < -0.3 is 39.9 Å². The van der Waals surface area contributed by atoms with Gasteiger partial charge in [0.25, 0.3) is 0 Å². The van der Waals surface area contributed by atoms with Crippen LogP contribution in [0.15, 0.2) is 396 Å². The summed E-state index contributed by atoms with van der Waals surface area (Å²) in [4.78, 5) is 51.9. The van der Waals surface area contributed by atoms with Gasteiger partial charge in [0.15, 0.2) is 0 Å². The summed E-state index contributed by atoms with van der Waals surface area (Å²) in [6.07, 6.45) is 20.4. The standard InChI is InChI=1S/3C17H13N2.C16H11N2.4C13H12N.4Ir/c1-13-8-9-17(19-12-13)15-6-4-5-14(11-15)16-7-2-3-10-18-16;2*1-13-7-8-16(19-12-13)15-9-10-18-17(11-15)14-5-3-2-4-6-14;1-3-10-17-15(8-1)13-6-5-7-14(12-13)16-9-2-4-11-18-16;4*1-10-8-13(14-9-11(10)2)12-6-4-3-5-7-12;;;;/h3*2-5,7-12H,1H3;1-6,8-12H;4*3-6,8-9H,1-2H3;;;;/q8*-1;;;;/i;;;;4*2D3;;;;. The molecule has 16 heteroatoms. The summed E-state index contributed by atoms with van der Waals surface area (Å²) in [5.41, 5.74) is 29.9. The van der Waals surface area contributed by atoms with E-state index in [-0.39, 0.29) is 80.4 Å². The molecule has 0 amide bonds. The van der Waals surface area contributed by atoms with E-state index in [1.165, 1.54) is 24.8 Å². The molecular formula is C119H98Ir4N12-8. The second-order valence-electron chi connectivity index (χ2n) is 29.8. The van der Waals surface area contributed by atoms with Crippen molar-refractivity contribution in [1.82, 2.24) is 59.8 Å². The monoisotopic (exact) mass is 2480 g/mol. The smallest absolute Gasteiger partial charge is 0.0695 e. The average Bonchev–Trinajstić information content (AvgIpc) is 0.808. The normalized spacial score (nSPS) is 11.6. The van der Waals surface area contributed by atoms with Gasteiger partial charge >= 0.3 is 0 Å². The molecule has 8 aromatic carbocycles. The summed E-state index contributed by atoms with van der Waals surface area (Å²) < 4.78 is 88.5. The Labute approximate surface area is 866 Å². The predicted octanol–water partition coefficient (Wildman–Crippen LogP) is 28.0. The summed E-state index contributed by atoms with van der Waals surface area (Å²) >= 11 is 0. The van der Waals surface area contributed by atoms with Gasteiger partial charge in [0, 0.05) is 171 Å². The summed E-state index contributed by atoms with van der Waals surface area (Å²) in [7, 11) is 0. The van der Waals surface area contributed by atoms with Crippen molar-refractivity contribution in [3.05, 3.63) is 506 Å². The molecule has 0 atom stereocenters. The molecular weight excluding hydrogens is 2370 g/mol. The second-order valence-corrected chi connectivity index (χ2v) is 29.8. The Hall–Kier alpha value is -13.8. The van der Waals surface area contributed by atoms with E-state index in [0.717, 1.165) is 174 Å². The maximum absolute atomic E-state index is 7.37. The summed E-state index contributed by atoms with van der Waals surface area (Å²) in [5.74, 6) is 0. The van der Waals surface area contributed by atoms with E-state index in [1.54, 1.807) is 70.6 Å².